The van der Waals surface area contributed by atoms with Crippen molar-refractivity contribution in [2.75, 3.05) is 19.0 Å². The summed E-state index contributed by atoms with van der Waals surface area (Å²) >= 11 is 5.98. The van der Waals surface area contributed by atoms with Gasteiger partial charge < -0.3 is 10.1 Å². The predicted molar refractivity (Wildman–Crippen MR) is 75.8 cm³/mol. The van der Waals surface area contributed by atoms with Crippen molar-refractivity contribution in [1.29, 1.82) is 0 Å². The van der Waals surface area contributed by atoms with Gasteiger partial charge in [0.25, 0.3) is 0 Å². The number of rotatable bonds is 7. The van der Waals surface area contributed by atoms with Crippen LogP contribution >= 0.6 is 11.6 Å². The zero-order chi connectivity index (χ0) is 14.3. The van der Waals surface area contributed by atoms with Crippen LogP contribution in [-0.4, -0.2) is 25.4 Å². The van der Waals surface area contributed by atoms with Crippen molar-refractivity contribution in [3.05, 3.63) is 28.8 Å². The Morgan fingerprint density at radius 2 is 2.05 bits per heavy atom. The number of ether oxygens (including phenoxy) is 1. The predicted octanol–water partition coefficient (Wildman–Crippen LogP) is 3.30. The molecule has 0 aromatic heterocycles. The number of hydrogen-bond acceptors (Lipinski definition) is 3. The molecule has 19 heavy (non-hydrogen) atoms. The first-order valence-corrected chi connectivity index (χ1v) is 6.51. The number of Topliss-reactive ketones (excluding diaryl/α,β-unsaturated/α-hetero) is 1. The van der Waals surface area contributed by atoms with Crippen LogP contribution in [-0.2, 0) is 9.53 Å². The maximum absolute atomic E-state index is 11.7. The third kappa shape index (κ3) is 5.41. The van der Waals surface area contributed by atoms with Crippen LogP contribution in [0.25, 0.3) is 0 Å². The molecule has 4 nitrogen and oxygen atoms in total. The van der Waals surface area contributed by atoms with E-state index in [1.165, 1.54) is 6.92 Å². The van der Waals surface area contributed by atoms with Crippen molar-refractivity contribution < 1.29 is 14.3 Å². The summed E-state index contributed by atoms with van der Waals surface area (Å²) < 4.78 is 4.91. The standard InChI is InChI=1S/C14H18ClNO3/c1-10(17)11-6-7-12(15)13(9-11)16-14(18)5-3-4-8-19-2/h6-7,9H,3-5,8H2,1-2H3,(H,16,18). The van der Waals surface area contributed by atoms with E-state index in [0.717, 1.165) is 12.8 Å². The number of halogens is 1. The van der Waals surface area contributed by atoms with Gasteiger partial charge >= 0.3 is 0 Å². The molecule has 0 saturated carbocycles. The van der Waals surface area contributed by atoms with Crippen LogP contribution in [0, 0.1) is 0 Å². The van der Waals surface area contributed by atoms with Crippen LogP contribution < -0.4 is 5.32 Å². The minimum atomic E-state index is -0.112. The number of unbranched alkanes of at least 4 members (excludes halogenated alkanes) is 1. The van der Waals surface area contributed by atoms with Gasteiger partial charge in [-0.3, -0.25) is 9.59 Å². The lowest BCUT2D eigenvalue weighted by molar-refractivity contribution is -0.116. The fraction of sp³-hybridized carbons (Fsp3) is 0.429. The lowest BCUT2D eigenvalue weighted by atomic mass is 10.1. The van der Waals surface area contributed by atoms with E-state index in [2.05, 4.69) is 5.32 Å². The third-order valence-corrected chi connectivity index (χ3v) is 2.98. The Labute approximate surface area is 118 Å². The summed E-state index contributed by atoms with van der Waals surface area (Å²) in [6.45, 7) is 2.12. The summed E-state index contributed by atoms with van der Waals surface area (Å²) in [5.74, 6) is -0.175. The van der Waals surface area contributed by atoms with Gasteiger partial charge in [-0.25, -0.2) is 0 Å². The molecular formula is C14H18ClNO3. The van der Waals surface area contributed by atoms with Gasteiger partial charge in [-0.05, 0) is 38.0 Å². The Kier molecular flexibility index (Phi) is 6.53. The lowest BCUT2D eigenvalue weighted by Crippen LogP contribution is -2.12. The summed E-state index contributed by atoms with van der Waals surface area (Å²) in [4.78, 5) is 23.0. The normalized spacial score (nSPS) is 10.3. The maximum Gasteiger partial charge on any atom is 0.224 e. The molecule has 0 atom stereocenters. The number of benzene rings is 1. The minimum absolute atomic E-state index is 0.0627. The fourth-order valence-corrected chi connectivity index (χ4v) is 1.75. The Balaban J connectivity index is 2.58. The summed E-state index contributed by atoms with van der Waals surface area (Å²) in [5, 5.41) is 3.14. The Hall–Kier alpha value is -1.39. The van der Waals surface area contributed by atoms with Crippen molar-refractivity contribution in [2.24, 2.45) is 0 Å². The zero-order valence-electron chi connectivity index (χ0n) is 11.2. The van der Waals surface area contributed by atoms with Crippen LogP contribution in [0.4, 0.5) is 5.69 Å². The van der Waals surface area contributed by atoms with Crippen LogP contribution in [0.5, 0.6) is 0 Å². The first kappa shape index (κ1) is 15.7. The molecule has 1 N–H and O–H groups in total. The number of carbonyl (C=O) groups excluding carboxylic acids is 2. The first-order chi connectivity index (χ1) is 9.04. The molecule has 0 unspecified atom stereocenters. The number of methoxy groups -OCH3 is 1. The van der Waals surface area contributed by atoms with E-state index in [4.69, 9.17) is 16.3 Å². The Bertz CT molecular complexity index is 460. The summed E-state index contributed by atoms with van der Waals surface area (Å²) in [5.41, 5.74) is 1.00. The van der Waals surface area contributed by atoms with E-state index in [9.17, 15) is 9.59 Å². The van der Waals surface area contributed by atoms with E-state index in [1.807, 2.05) is 0 Å². The van der Waals surface area contributed by atoms with Gasteiger partial charge in [-0.2, -0.15) is 0 Å². The van der Waals surface area contributed by atoms with Crippen molar-refractivity contribution in [3.8, 4) is 0 Å². The van der Waals surface area contributed by atoms with E-state index in [1.54, 1.807) is 25.3 Å². The molecule has 104 valence electrons. The molecule has 0 spiro atoms. The lowest BCUT2D eigenvalue weighted by Gasteiger charge is -2.08. The molecule has 1 amide bonds. The molecule has 1 aromatic carbocycles. The smallest absolute Gasteiger partial charge is 0.224 e. The minimum Gasteiger partial charge on any atom is -0.385 e. The largest absolute Gasteiger partial charge is 0.385 e. The highest BCUT2D eigenvalue weighted by atomic mass is 35.5. The van der Waals surface area contributed by atoms with Gasteiger partial charge in [0.15, 0.2) is 5.78 Å². The van der Waals surface area contributed by atoms with Gasteiger partial charge in [-0.1, -0.05) is 11.6 Å². The van der Waals surface area contributed by atoms with Crippen LogP contribution in [0.3, 0.4) is 0 Å². The molecule has 0 saturated heterocycles. The molecule has 0 radical (unpaired) electrons. The number of ketones is 1. The monoisotopic (exact) mass is 283 g/mol. The summed E-state index contributed by atoms with van der Waals surface area (Å²) in [7, 11) is 1.63. The maximum atomic E-state index is 11.7. The Morgan fingerprint density at radius 1 is 1.32 bits per heavy atom. The molecule has 0 aliphatic heterocycles. The van der Waals surface area contributed by atoms with Gasteiger partial charge in [-0.15, -0.1) is 0 Å². The van der Waals surface area contributed by atoms with E-state index >= 15 is 0 Å². The van der Waals surface area contributed by atoms with Crippen molar-refractivity contribution in [2.45, 2.75) is 26.2 Å². The number of carbonyl (C=O) groups is 2. The molecule has 5 heteroatoms. The number of nitrogens with one attached hydrogen (secondary N) is 1. The molecule has 0 aliphatic rings. The SMILES string of the molecule is COCCCCC(=O)Nc1cc(C(C)=O)ccc1Cl. The second-order valence-electron chi connectivity index (χ2n) is 4.25. The second kappa shape index (κ2) is 7.92. The molecule has 0 aliphatic carbocycles. The molecular weight excluding hydrogens is 266 g/mol. The highest BCUT2D eigenvalue weighted by Gasteiger charge is 2.08. The summed E-state index contributed by atoms with van der Waals surface area (Å²) in [6, 6.07) is 4.84. The van der Waals surface area contributed by atoms with E-state index < -0.39 is 0 Å². The van der Waals surface area contributed by atoms with E-state index in [-0.39, 0.29) is 11.7 Å². The molecule has 0 bridgehead atoms. The van der Waals surface area contributed by atoms with E-state index in [0.29, 0.717) is 29.3 Å². The molecule has 0 fully saturated rings. The topological polar surface area (TPSA) is 55.4 Å². The van der Waals surface area contributed by atoms with Gasteiger partial charge in [0.1, 0.15) is 0 Å². The number of hydrogen-bond donors (Lipinski definition) is 1. The highest BCUT2D eigenvalue weighted by molar-refractivity contribution is 6.33. The third-order valence-electron chi connectivity index (χ3n) is 2.65. The van der Waals surface area contributed by atoms with Gasteiger partial charge in [0.2, 0.25) is 5.91 Å². The van der Waals surface area contributed by atoms with Crippen LogP contribution in [0.2, 0.25) is 5.02 Å². The number of anilines is 1. The van der Waals surface area contributed by atoms with Gasteiger partial charge in [0.05, 0.1) is 10.7 Å². The van der Waals surface area contributed by atoms with Crippen molar-refractivity contribution >= 4 is 29.0 Å². The molecule has 0 heterocycles. The van der Waals surface area contributed by atoms with Crippen LogP contribution in [0.15, 0.2) is 18.2 Å². The highest BCUT2D eigenvalue weighted by Crippen LogP contribution is 2.23. The van der Waals surface area contributed by atoms with Crippen molar-refractivity contribution in [3.63, 3.8) is 0 Å². The Morgan fingerprint density at radius 3 is 2.68 bits per heavy atom. The average molecular weight is 284 g/mol. The zero-order valence-corrected chi connectivity index (χ0v) is 11.9. The molecule has 1 aromatic rings. The quantitative estimate of drug-likeness (QED) is 0.617. The summed E-state index contributed by atoms with van der Waals surface area (Å²) in [6.07, 6.45) is 2.00. The fourth-order valence-electron chi connectivity index (χ4n) is 1.58. The van der Waals surface area contributed by atoms with Crippen molar-refractivity contribution in [1.82, 2.24) is 0 Å². The molecule has 1 rings (SSSR count). The number of amides is 1. The average Bonchev–Trinajstić information content (AvgIpc) is 2.37. The first-order valence-electron chi connectivity index (χ1n) is 6.14. The second-order valence-corrected chi connectivity index (χ2v) is 4.66. The van der Waals surface area contributed by atoms with Crippen LogP contribution in [0.1, 0.15) is 36.5 Å². The van der Waals surface area contributed by atoms with Gasteiger partial charge in [0, 0.05) is 25.7 Å².